The average molecular weight is 221 g/mol. The van der Waals surface area contributed by atoms with Gasteiger partial charge in [-0.3, -0.25) is 0 Å². The van der Waals surface area contributed by atoms with E-state index in [0.29, 0.717) is 5.88 Å². The van der Waals surface area contributed by atoms with Gasteiger partial charge in [-0.15, -0.1) is 11.6 Å². The molecule has 3 heteroatoms. The fraction of sp³-hybridized carbons (Fsp3) is 0.250. The zero-order valence-corrected chi connectivity index (χ0v) is 9.19. The van der Waals surface area contributed by atoms with Crippen LogP contribution in [0, 0.1) is 0 Å². The molecule has 78 valence electrons. The molecule has 0 bridgehead atoms. The number of aromatic nitrogens is 2. The topological polar surface area (TPSA) is 17.8 Å². The number of aryl methyl sites for hydroxylation is 2. The highest BCUT2D eigenvalue weighted by molar-refractivity contribution is 6.16. The zero-order valence-electron chi connectivity index (χ0n) is 8.44. The smallest absolute Gasteiger partial charge is 0.123 e. The van der Waals surface area contributed by atoms with E-state index >= 15 is 0 Å². The molecule has 15 heavy (non-hydrogen) atoms. The monoisotopic (exact) mass is 220 g/mol. The van der Waals surface area contributed by atoms with Crippen LogP contribution in [-0.2, 0) is 18.8 Å². The van der Waals surface area contributed by atoms with Gasteiger partial charge in [0.2, 0.25) is 0 Å². The van der Waals surface area contributed by atoms with Gasteiger partial charge < -0.3 is 4.57 Å². The number of benzene rings is 1. The van der Waals surface area contributed by atoms with E-state index in [-0.39, 0.29) is 0 Å². The molecule has 2 aromatic rings. The Kier molecular flexibility index (Phi) is 3.41. The summed E-state index contributed by atoms with van der Waals surface area (Å²) in [6.07, 6.45) is 4.78. The number of halogens is 1. The lowest BCUT2D eigenvalue weighted by Gasteiger charge is -2.05. The number of imidazole rings is 1. The van der Waals surface area contributed by atoms with Gasteiger partial charge in [0, 0.05) is 18.9 Å². The minimum absolute atomic E-state index is 0.474. The van der Waals surface area contributed by atoms with Gasteiger partial charge in [0.15, 0.2) is 0 Å². The van der Waals surface area contributed by atoms with Gasteiger partial charge in [-0.25, -0.2) is 4.98 Å². The van der Waals surface area contributed by atoms with Crippen molar-refractivity contribution in [3.63, 3.8) is 0 Å². The molecule has 0 atom stereocenters. The van der Waals surface area contributed by atoms with E-state index in [2.05, 4.69) is 33.8 Å². The van der Waals surface area contributed by atoms with Crippen LogP contribution in [0.3, 0.4) is 0 Å². The van der Waals surface area contributed by atoms with Crippen molar-refractivity contribution in [3.8, 4) is 0 Å². The number of hydrogen-bond acceptors (Lipinski definition) is 1. The lowest BCUT2D eigenvalue weighted by molar-refractivity contribution is 0.669. The quantitative estimate of drug-likeness (QED) is 0.725. The van der Waals surface area contributed by atoms with Gasteiger partial charge >= 0.3 is 0 Å². The largest absolute Gasteiger partial charge is 0.334 e. The van der Waals surface area contributed by atoms with Crippen molar-refractivity contribution < 1.29 is 0 Å². The molecule has 0 unspecified atom stereocenters. The van der Waals surface area contributed by atoms with Crippen molar-refractivity contribution in [1.29, 1.82) is 0 Å². The van der Waals surface area contributed by atoms with Crippen molar-refractivity contribution in [3.05, 3.63) is 54.1 Å². The molecule has 0 aliphatic carbocycles. The predicted molar refractivity (Wildman–Crippen MR) is 61.9 cm³/mol. The summed E-state index contributed by atoms with van der Waals surface area (Å²) >= 11 is 5.77. The van der Waals surface area contributed by atoms with Crippen LogP contribution >= 0.6 is 11.6 Å². The van der Waals surface area contributed by atoms with Crippen LogP contribution in [0.1, 0.15) is 11.4 Å². The van der Waals surface area contributed by atoms with E-state index in [1.54, 1.807) is 6.20 Å². The summed E-state index contributed by atoms with van der Waals surface area (Å²) < 4.78 is 2.10. The Hall–Kier alpha value is -1.28. The summed E-state index contributed by atoms with van der Waals surface area (Å²) in [5.74, 6) is 1.41. The molecule has 0 spiro atoms. The molecular formula is C12H13ClN2. The standard InChI is InChI=1S/C12H13ClN2/c13-10-12-14-7-9-15(12)8-6-11-4-2-1-3-5-11/h1-5,7,9H,6,8,10H2. The third-order valence-electron chi connectivity index (χ3n) is 2.41. The van der Waals surface area contributed by atoms with E-state index < -0.39 is 0 Å². The zero-order chi connectivity index (χ0) is 10.5. The molecule has 2 rings (SSSR count). The van der Waals surface area contributed by atoms with Gasteiger partial charge in [0.1, 0.15) is 5.82 Å². The Balaban J connectivity index is 1.99. The van der Waals surface area contributed by atoms with Crippen molar-refractivity contribution >= 4 is 11.6 Å². The number of rotatable bonds is 4. The maximum absolute atomic E-state index is 5.77. The molecule has 0 aliphatic heterocycles. The second-order valence-electron chi connectivity index (χ2n) is 3.41. The highest BCUT2D eigenvalue weighted by Gasteiger charge is 2.00. The molecule has 0 radical (unpaired) electrons. The Morgan fingerprint density at radius 2 is 2.00 bits per heavy atom. The molecule has 0 saturated carbocycles. The van der Waals surface area contributed by atoms with Crippen LogP contribution in [0.5, 0.6) is 0 Å². The first-order chi connectivity index (χ1) is 7.40. The Morgan fingerprint density at radius 3 is 2.73 bits per heavy atom. The minimum atomic E-state index is 0.474. The van der Waals surface area contributed by atoms with Crippen molar-refractivity contribution in [1.82, 2.24) is 9.55 Å². The summed E-state index contributed by atoms with van der Waals surface area (Å²) in [4.78, 5) is 4.18. The molecule has 0 amide bonds. The third kappa shape index (κ3) is 2.60. The van der Waals surface area contributed by atoms with Crippen molar-refractivity contribution in [2.45, 2.75) is 18.8 Å². The minimum Gasteiger partial charge on any atom is -0.334 e. The van der Waals surface area contributed by atoms with E-state index in [1.165, 1.54) is 5.56 Å². The molecule has 1 aromatic carbocycles. The fourth-order valence-corrected chi connectivity index (χ4v) is 1.79. The third-order valence-corrected chi connectivity index (χ3v) is 2.64. The first-order valence-corrected chi connectivity index (χ1v) is 5.53. The first-order valence-electron chi connectivity index (χ1n) is 5.00. The van der Waals surface area contributed by atoms with Crippen LogP contribution in [0.25, 0.3) is 0 Å². The molecular weight excluding hydrogens is 208 g/mol. The van der Waals surface area contributed by atoms with E-state index in [1.807, 2.05) is 12.3 Å². The maximum atomic E-state index is 5.77. The molecule has 1 aromatic heterocycles. The summed E-state index contributed by atoms with van der Waals surface area (Å²) in [6.45, 7) is 0.937. The van der Waals surface area contributed by atoms with Gasteiger partial charge in [-0.05, 0) is 12.0 Å². The van der Waals surface area contributed by atoms with Gasteiger partial charge in [0.05, 0.1) is 5.88 Å². The highest BCUT2D eigenvalue weighted by atomic mass is 35.5. The lowest BCUT2D eigenvalue weighted by Crippen LogP contribution is -2.03. The number of hydrogen-bond donors (Lipinski definition) is 0. The molecule has 0 N–H and O–H groups in total. The van der Waals surface area contributed by atoms with Crippen LogP contribution in [0.15, 0.2) is 42.7 Å². The SMILES string of the molecule is ClCc1nccn1CCc1ccccc1. The van der Waals surface area contributed by atoms with Crippen LogP contribution in [-0.4, -0.2) is 9.55 Å². The average Bonchev–Trinajstić information content (AvgIpc) is 2.75. The van der Waals surface area contributed by atoms with E-state index in [4.69, 9.17) is 11.6 Å². The Bertz CT molecular complexity index is 409. The predicted octanol–water partition coefficient (Wildman–Crippen LogP) is 2.86. The first kappa shape index (κ1) is 10.2. The second-order valence-corrected chi connectivity index (χ2v) is 3.67. The Morgan fingerprint density at radius 1 is 1.20 bits per heavy atom. The highest BCUT2D eigenvalue weighted by Crippen LogP contribution is 2.05. The Labute approximate surface area is 94.5 Å². The van der Waals surface area contributed by atoms with Crippen LogP contribution in [0.4, 0.5) is 0 Å². The lowest BCUT2D eigenvalue weighted by atomic mass is 10.1. The molecule has 1 heterocycles. The number of nitrogens with zero attached hydrogens (tertiary/aromatic N) is 2. The summed E-state index contributed by atoms with van der Waals surface area (Å²) in [5, 5.41) is 0. The second kappa shape index (κ2) is 4.99. The van der Waals surface area contributed by atoms with Crippen molar-refractivity contribution in [2.75, 3.05) is 0 Å². The normalized spacial score (nSPS) is 10.5. The molecule has 0 saturated heterocycles. The van der Waals surface area contributed by atoms with Gasteiger partial charge in [-0.2, -0.15) is 0 Å². The molecule has 0 aliphatic rings. The van der Waals surface area contributed by atoms with Crippen molar-refractivity contribution in [2.24, 2.45) is 0 Å². The van der Waals surface area contributed by atoms with Gasteiger partial charge in [0.25, 0.3) is 0 Å². The summed E-state index contributed by atoms with van der Waals surface area (Å²) in [7, 11) is 0. The number of alkyl halides is 1. The fourth-order valence-electron chi connectivity index (χ4n) is 1.57. The van der Waals surface area contributed by atoms with Crippen LogP contribution in [0.2, 0.25) is 0 Å². The van der Waals surface area contributed by atoms with E-state index in [0.717, 1.165) is 18.8 Å². The van der Waals surface area contributed by atoms with Gasteiger partial charge in [-0.1, -0.05) is 30.3 Å². The molecule has 2 nitrogen and oxygen atoms in total. The summed E-state index contributed by atoms with van der Waals surface area (Å²) in [5.41, 5.74) is 1.34. The van der Waals surface area contributed by atoms with E-state index in [9.17, 15) is 0 Å². The maximum Gasteiger partial charge on any atom is 0.123 e. The van der Waals surface area contributed by atoms with Crippen LogP contribution < -0.4 is 0 Å². The summed E-state index contributed by atoms with van der Waals surface area (Å²) in [6, 6.07) is 10.4. The molecule has 0 fully saturated rings.